The second-order valence-electron chi connectivity index (χ2n) is 7.76. The number of ketones is 1. The zero-order chi connectivity index (χ0) is 22.4. The van der Waals surface area contributed by atoms with Crippen molar-refractivity contribution in [1.29, 1.82) is 0 Å². The number of carbonyl (C=O) groups excluding carboxylic acids is 2. The minimum absolute atomic E-state index is 0.00544. The third kappa shape index (κ3) is 5.45. The summed E-state index contributed by atoms with van der Waals surface area (Å²) in [4.78, 5) is 42.0. The summed E-state index contributed by atoms with van der Waals surface area (Å²) in [6.45, 7) is 6.19. The molecule has 162 valence electrons. The topological polar surface area (TPSA) is 78.3 Å². The number of hydrogen-bond acceptors (Lipinski definition) is 5. The lowest BCUT2D eigenvalue weighted by Gasteiger charge is -2.12. The maximum absolute atomic E-state index is 12.9. The molecule has 0 unspecified atom stereocenters. The Morgan fingerprint density at radius 1 is 1.10 bits per heavy atom. The van der Waals surface area contributed by atoms with Crippen molar-refractivity contribution in [2.45, 2.75) is 53.0 Å². The van der Waals surface area contributed by atoms with Crippen LogP contribution in [0.15, 0.2) is 47.3 Å². The van der Waals surface area contributed by atoms with Gasteiger partial charge in [-0.25, -0.2) is 4.98 Å². The average Bonchev–Trinajstić information content (AvgIpc) is 2.75. The Kier molecular flexibility index (Phi) is 7.34. The summed E-state index contributed by atoms with van der Waals surface area (Å²) in [6, 6.07) is 13.0. The molecule has 0 radical (unpaired) electrons. The summed E-state index contributed by atoms with van der Waals surface area (Å²) in [5, 5.41) is 0. The molecule has 0 saturated carbocycles. The fourth-order valence-corrected chi connectivity index (χ4v) is 3.59. The molecule has 0 aliphatic heterocycles. The number of fused-ring (bicyclic) bond motifs is 1. The van der Waals surface area contributed by atoms with Crippen LogP contribution in [0.25, 0.3) is 11.0 Å². The fraction of sp³-hybridized carbons (Fsp3) is 0.360. The van der Waals surface area contributed by atoms with Gasteiger partial charge in [-0.05, 0) is 38.0 Å². The molecule has 0 amide bonds. The normalized spacial score (nSPS) is 10.9. The Balaban J connectivity index is 1.66. The number of unbranched alkanes of at least 4 members (excludes halogenated alkanes) is 1. The molecule has 1 heterocycles. The van der Waals surface area contributed by atoms with Crippen LogP contribution in [-0.2, 0) is 22.5 Å². The molecule has 0 aliphatic carbocycles. The molecule has 0 atom stereocenters. The molecule has 31 heavy (non-hydrogen) atoms. The summed E-state index contributed by atoms with van der Waals surface area (Å²) in [6.07, 6.45) is 2.02. The van der Waals surface area contributed by atoms with E-state index in [9.17, 15) is 14.4 Å². The first kappa shape index (κ1) is 22.4. The van der Waals surface area contributed by atoms with E-state index in [2.05, 4.69) is 11.9 Å². The second kappa shape index (κ2) is 10.2. The summed E-state index contributed by atoms with van der Waals surface area (Å²) in [5.41, 5.74) is 4.16. The number of rotatable bonds is 9. The zero-order valence-corrected chi connectivity index (χ0v) is 18.3. The highest BCUT2D eigenvalue weighted by molar-refractivity contribution is 5.99. The van der Waals surface area contributed by atoms with Crippen molar-refractivity contribution in [3.05, 3.63) is 75.2 Å². The van der Waals surface area contributed by atoms with Gasteiger partial charge in [-0.3, -0.25) is 14.4 Å². The standard InChI is InChI=1S/C25H28N2O4/c1-4-5-14-27-22-9-7-6-8-20(22)26-21(25(27)30)12-13-24(29)31-16-23(28)19-11-10-17(2)15-18(19)3/h6-11,15H,4-5,12-14,16H2,1-3H3. The predicted octanol–water partition coefficient (Wildman–Crippen LogP) is 4.17. The Hall–Kier alpha value is -3.28. The van der Waals surface area contributed by atoms with Gasteiger partial charge in [0.15, 0.2) is 6.61 Å². The number of ether oxygens (including phenoxy) is 1. The molecule has 1 aromatic heterocycles. The van der Waals surface area contributed by atoms with Gasteiger partial charge < -0.3 is 9.30 Å². The maximum atomic E-state index is 12.9. The number of para-hydroxylation sites is 2. The molecule has 0 bridgehead atoms. The van der Waals surface area contributed by atoms with Crippen molar-refractivity contribution in [1.82, 2.24) is 9.55 Å². The van der Waals surface area contributed by atoms with E-state index in [1.54, 1.807) is 10.6 Å². The highest BCUT2D eigenvalue weighted by Gasteiger charge is 2.15. The monoisotopic (exact) mass is 420 g/mol. The van der Waals surface area contributed by atoms with Crippen molar-refractivity contribution in [2.24, 2.45) is 0 Å². The average molecular weight is 421 g/mol. The predicted molar refractivity (Wildman–Crippen MR) is 120 cm³/mol. The number of aromatic nitrogens is 2. The number of benzene rings is 2. The van der Waals surface area contributed by atoms with E-state index < -0.39 is 5.97 Å². The SMILES string of the molecule is CCCCn1c(=O)c(CCC(=O)OCC(=O)c2ccc(C)cc2C)nc2ccccc21. The van der Waals surface area contributed by atoms with E-state index in [4.69, 9.17) is 4.74 Å². The highest BCUT2D eigenvalue weighted by atomic mass is 16.5. The first-order chi connectivity index (χ1) is 14.9. The van der Waals surface area contributed by atoms with Crippen LogP contribution in [0.5, 0.6) is 0 Å². The largest absolute Gasteiger partial charge is 0.457 e. The van der Waals surface area contributed by atoms with Gasteiger partial charge in [0.05, 0.1) is 17.5 Å². The van der Waals surface area contributed by atoms with Gasteiger partial charge in [0.25, 0.3) is 5.56 Å². The minimum atomic E-state index is -0.521. The minimum Gasteiger partial charge on any atom is -0.457 e. The number of Topliss-reactive ketones (excluding diaryl/α,β-unsaturated/α-hetero) is 1. The van der Waals surface area contributed by atoms with Crippen molar-refractivity contribution in [3.8, 4) is 0 Å². The van der Waals surface area contributed by atoms with E-state index in [0.29, 0.717) is 17.8 Å². The molecular weight excluding hydrogens is 392 g/mol. The summed E-state index contributed by atoms with van der Waals surface area (Å²) in [5.74, 6) is -0.760. The Labute approximate surface area is 181 Å². The van der Waals surface area contributed by atoms with Gasteiger partial charge in [0.2, 0.25) is 5.78 Å². The third-order valence-corrected chi connectivity index (χ3v) is 5.27. The molecule has 0 spiro atoms. The van der Waals surface area contributed by atoms with E-state index in [1.165, 1.54) is 0 Å². The maximum Gasteiger partial charge on any atom is 0.306 e. The van der Waals surface area contributed by atoms with Crippen LogP contribution in [0.4, 0.5) is 0 Å². The van der Waals surface area contributed by atoms with E-state index >= 15 is 0 Å². The molecule has 2 aromatic carbocycles. The van der Waals surface area contributed by atoms with Crippen molar-refractivity contribution in [2.75, 3.05) is 6.61 Å². The van der Waals surface area contributed by atoms with Crippen LogP contribution in [0, 0.1) is 13.8 Å². The van der Waals surface area contributed by atoms with Crippen molar-refractivity contribution < 1.29 is 14.3 Å². The van der Waals surface area contributed by atoms with Crippen LogP contribution < -0.4 is 5.56 Å². The Bertz CT molecular complexity index is 1160. The molecule has 6 heteroatoms. The number of carbonyl (C=O) groups is 2. The van der Waals surface area contributed by atoms with Gasteiger partial charge in [0.1, 0.15) is 5.69 Å². The van der Waals surface area contributed by atoms with Gasteiger partial charge in [-0.15, -0.1) is 0 Å². The van der Waals surface area contributed by atoms with Crippen LogP contribution in [0.2, 0.25) is 0 Å². The zero-order valence-electron chi connectivity index (χ0n) is 18.3. The van der Waals surface area contributed by atoms with E-state index in [1.807, 2.05) is 50.2 Å². The summed E-state index contributed by atoms with van der Waals surface area (Å²) < 4.78 is 6.89. The van der Waals surface area contributed by atoms with Crippen molar-refractivity contribution >= 4 is 22.8 Å². The summed E-state index contributed by atoms with van der Waals surface area (Å²) >= 11 is 0. The molecule has 3 aromatic rings. The number of aryl methyl sites for hydroxylation is 4. The lowest BCUT2D eigenvalue weighted by Crippen LogP contribution is -2.26. The molecule has 0 N–H and O–H groups in total. The van der Waals surface area contributed by atoms with Crippen molar-refractivity contribution in [3.63, 3.8) is 0 Å². The smallest absolute Gasteiger partial charge is 0.306 e. The highest BCUT2D eigenvalue weighted by Crippen LogP contribution is 2.13. The molecule has 6 nitrogen and oxygen atoms in total. The molecule has 0 fully saturated rings. The van der Waals surface area contributed by atoms with Crippen LogP contribution in [0.3, 0.4) is 0 Å². The van der Waals surface area contributed by atoms with Crippen LogP contribution in [0.1, 0.15) is 53.4 Å². The third-order valence-electron chi connectivity index (χ3n) is 5.27. The van der Waals surface area contributed by atoms with E-state index in [-0.39, 0.29) is 30.8 Å². The number of nitrogens with zero attached hydrogens (tertiary/aromatic N) is 2. The van der Waals surface area contributed by atoms with Gasteiger partial charge in [0, 0.05) is 18.5 Å². The Morgan fingerprint density at radius 2 is 1.87 bits per heavy atom. The summed E-state index contributed by atoms with van der Waals surface area (Å²) in [7, 11) is 0. The van der Waals surface area contributed by atoms with Gasteiger partial charge in [-0.2, -0.15) is 0 Å². The lowest BCUT2D eigenvalue weighted by molar-refractivity contribution is -0.142. The molecule has 3 rings (SSSR count). The van der Waals surface area contributed by atoms with Gasteiger partial charge >= 0.3 is 5.97 Å². The van der Waals surface area contributed by atoms with Crippen LogP contribution >= 0.6 is 0 Å². The first-order valence-electron chi connectivity index (χ1n) is 10.6. The quantitative estimate of drug-likeness (QED) is 0.383. The van der Waals surface area contributed by atoms with Gasteiger partial charge in [-0.1, -0.05) is 49.2 Å². The molecule has 0 aliphatic rings. The number of esters is 1. The number of hydrogen-bond donors (Lipinski definition) is 0. The Morgan fingerprint density at radius 3 is 2.61 bits per heavy atom. The first-order valence-corrected chi connectivity index (χ1v) is 10.6. The second-order valence-corrected chi connectivity index (χ2v) is 7.76. The fourth-order valence-electron chi connectivity index (χ4n) is 3.59. The van der Waals surface area contributed by atoms with E-state index in [0.717, 1.165) is 35.0 Å². The molecular formula is C25H28N2O4. The molecule has 0 saturated heterocycles. The van der Waals surface area contributed by atoms with Crippen LogP contribution in [-0.4, -0.2) is 27.9 Å². The lowest BCUT2D eigenvalue weighted by atomic mass is 10.0.